The van der Waals surface area contributed by atoms with Crippen molar-refractivity contribution in [3.05, 3.63) is 64.1 Å². The quantitative estimate of drug-likeness (QED) is 0.838. The second-order valence-corrected chi connectivity index (χ2v) is 6.54. The average Bonchev–Trinajstić information content (AvgIpc) is 2.50. The minimum absolute atomic E-state index is 0.421. The molecule has 1 N–H and O–H groups in total. The van der Waals surface area contributed by atoms with E-state index in [1.807, 2.05) is 24.3 Å². The second kappa shape index (κ2) is 7.36. The molecular weight excluding hydrogens is 315 g/mol. The van der Waals surface area contributed by atoms with E-state index in [1.165, 1.54) is 11.3 Å². The van der Waals surface area contributed by atoms with Crippen LogP contribution in [0.4, 0.5) is 5.69 Å². The Morgan fingerprint density at radius 3 is 2.18 bits per heavy atom. The number of benzene rings is 2. The summed E-state index contributed by atoms with van der Waals surface area (Å²) >= 11 is 11.9. The van der Waals surface area contributed by atoms with Gasteiger partial charge >= 0.3 is 0 Å². The van der Waals surface area contributed by atoms with Crippen LogP contribution >= 0.6 is 23.2 Å². The lowest BCUT2D eigenvalue weighted by Crippen LogP contribution is -2.37. The molecule has 0 saturated carbocycles. The molecular formula is C18H20Cl2N2. The fraction of sp³-hybridized carbons (Fsp3) is 0.333. The smallest absolute Gasteiger partial charge is 0.0407 e. The summed E-state index contributed by atoms with van der Waals surface area (Å²) in [4.78, 5) is 2.42. The Bertz CT molecular complexity index is 532. The van der Waals surface area contributed by atoms with E-state index in [9.17, 15) is 0 Å². The van der Waals surface area contributed by atoms with Crippen LogP contribution < -0.4 is 10.2 Å². The van der Waals surface area contributed by atoms with Gasteiger partial charge in [-0.15, -0.1) is 0 Å². The average molecular weight is 335 g/mol. The number of nitrogens with one attached hydrogen (secondary N) is 1. The Hall–Kier alpha value is -1.22. The third kappa shape index (κ3) is 3.95. The molecule has 0 radical (unpaired) electrons. The highest BCUT2D eigenvalue weighted by atomic mass is 35.5. The molecule has 4 heteroatoms. The van der Waals surface area contributed by atoms with E-state index in [1.54, 1.807) is 0 Å². The van der Waals surface area contributed by atoms with E-state index in [-0.39, 0.29) is 0 Å². The predicted molar refractivity (Wildman–Crippen MR) is 95.1 cm³/mol. The first-order chi connectivity index (χ1) is 10.7. The molecule has 1 aliphatic rings. The topological polar surface area (TPSA) is 15.3 Å². The van der Waals surface area contributed by atoms with Crippen LogP contribution in [0.15, 0.2) is 48.5 Å². The van der Waals surface area contributed by atoms with Crippen LogP contribution in [-0.4, -0.2) is 19.6 Å². The maximum Gasteiger partial charge on any atom is 0.0407 e. The molecule has 0 aliphatic carbocycles. The maximum atomic E-state index is 5.97. The highest BCUT2D eigenvalue weighted by molar-refractivity contribution is 6.30. The molecule has 2 aromatic carbocycles. The van der Waals surface area contributed by atoms with Crippen molar-refractivity contribution in [3.63, 3.8) is 0 Å². The molecule has 1 atom stereocenters. The Morgan fingerprint density at radius 2 is 1.50 bits per heavy atom. The maximum absolute atomic E-state index is 5.97. The minimum Gasteiger partial charge on any atom is -0.370 e. The first-order valence-corrected chi connectivity index (χ1v) is 8.47. The number of nitrogens with zero attached hydrogens (tertiary/aromatic N) is 1. The second-order valence-electron chi connectivity index (χ2n) is 5.66. The number of rotatable bonds is 2. The molecule has 1 unspecified atom stereocenters. The number of halogens is 2. The van der Waals surface area contributed by atoms with Crippen LogP contribution in [0, 0.1) is 0 Å². The molecule has 3 rings (SSSR count). The fourth-order valence-electron chi connectivity index (χ4n) is 2.96. The zero-order valence-corrected chi connectivity index (χ0v) is 13.9. The number of hydrogen-bond donors (Lipinski definition) is 1. The van der Waals surface area contributed by atoms with Gasteiger partial charge in [-0.25, -0.2) is 0 Å². The summed E-state index contributed by atoms with van der Waals surface area (Å²) < 4.78 is 0. The Balaban J connectivity index is 1.62. The SMILES string of the molecule is Clc1ccc(C2CCCN(c3ccc(Cl)cc3)CCN2)cc1. The van der Waals surface area contributed by atoms with Crippen LogP contribution in [0.1, 0.15) is 24.4 Å². The van der Waals surface area contributed by atoms with E-state index in [4.69, 9.17) is 23.2 Å². The van der Waals surface area contributed by atoms with Gasteiger partial charge in [-0.3, -0.25) is 0 Å². The summed E-state index contributed by atoms with van der Waals surface area (Å²) in [6, 6.07) is 16.7. The molecule has 1 fully saturated rings. The lowest BCUT2D eigenvalue weighted by Gasteiger charge is -2.30. The van der Waals surface area contributed by atoms with Crippen molar-refractivity contribution in [2.45, 2.75) is 18.9 Å². The normalized spacial score (nSPS) is 19.5. The molecule has 116 valence electrons. The molecule has 2 nitrogen and oxygen atoms in total. The molecule has 1 heterocycles. The highest BCUT2D eigenvalue weighted by Crippen LogP contribution is 2.24. The van der Waals surface area contributed by atoms with Crippen molar-refractivity contribution in [1.29, 1.82) is 0 Å². The van der Waals surface area contributed by atoms with Crippen molar-refractivity contribution in [1.82, 2.24) is 5.32 Å². The third-order valence-corrected chi connectivity index (χ3v) is 4.66. The van der Waals surface area contributed by atoms with Gasteiger partial charge in [0.1, 0.15) is 0 Å². The van der Waals surface area contributed by atoms with Gasteiger partial charge in [-0.05, 0) is 54.8 Å². The van der Waals surface area contributed by atoms with E-state index in [0.29, 0.717) is 6.04 Å². The van der Waals surface area contributed by atoms with Crippen LogP contribution in [0.2, 0.25) is 10.0 Å². The van der Waals surface area contributed by atoms with E-state index in [2.05, 4.69) is 34.5 Å². The summed E-state index contributed by atoms with van der Waals surface area (Å²) in [5, 5.41) is 5.24. The van der Waals surface area contributed by atoms with Crippen molar-refractivity contribution in [3.8, 4) is 0 Å². The molecule has 0 amide bonds. The highest BCUT2D eigenvalue weighted by Gasteiger charge is 2.16. The zero-order chi connectivity index (χ0) is 15.4. The number of anilines is 1. The number of hydrogen-bond acceptors (Lipinski definition) is 2. The fourth-order valence-corrected chi connectivity index (χ4v) is 3.22. The summed E-state index contributed by atoms with van der Waals surface area (Å²) in [7, 11) is 0. The van der Waals surface area contributed by atoms with Crippen molar-refractivity contribution < 1.29 is 0 Å². The van der Waals surface area contributed by atoms with Crippen LogP contribution in [0.25, 0.3) is 0 Å². The monoisotopic (exact) mass is 334 g/mol. The van der Waals surface area contributed by atoms with Gasteiger partial charge in [0.25, 0.3) is 0 Å². The Morgan fingerprint density at radius 1 is 0.864 bits per heavy atom. The van der Waals surface area contributed by atoms with E-state index < -0.39 is 0 Å². The largest absolute Gasteiger partial charge is 0.370 e. The molecule has 1 aliphatic heterocycles. The van der Waals surface area contributed by atoms with Gasteiger partial charge in [0.15, 0.2) is 0 Å². The molecule has 0 aromatic heterocycles. The Kier molecular flexibility index (Phi) is 5.24. The van der Waals surface area contributed by atoms with Crippen molar-refractivity contribution in [2.75, 3.05) is 24.5 Å². The predicted octanol–water partition coefficient (Wildman–Crippen LogP) is 4.92. The first-order valence-electron chi connectivity index (χ1n) is 7.72. The van der Waals surface area contributed by atoms with Gasteiger partial charge in [-0.2, -0.15) is 0 Å². The third-order valence-electron chi connectivity index (χ3n) is 4.16. The molecule has 2 aromatic rings. The molecule has 1 saturated heterocycles. The molecule has 0 spiro atoms. The van der Waals surface area contributed by atoms with Crippen molar-refractivity contribution >= 4 is 28.9 Å². The van der Waals surface area contributed by atoms with Crippen LogP contribution in [0.3, 0.4) is 0 Å². The summed E-state index contributed by atoms with van der Waals surface area (Å²) in [6.07, 6.45) is 2.29. The van der Waals surface area contributed by atoms with Crippen LogP contribution in [0.5, 0.6) is 0 Å². The van der Waals surface area contributed by atoms with E-state index in [0.717, 1.165) is 42.5 Å². The first kappa shape index (κ1) is 15.7. The van der Waals surface area contributed by atoms with Gasteiger partial charge in [-0.1, -0.05) is 35.3 Å². The van der Waals surface area contributed by atoms with Crippen molar-refractivity contribution in [2.24, 2.45) is 0 Å². The van der Waals surface area contributed by atoms with Gasteiger partial charge in [0.05, 0.1) is 0 Å². The zero-order valence-electron chi connectivity index (χ0n) is 12.4. The van der Waals surface area contributed by atoms with Gasteiger partial charge in [0, 0.05) is 41.4 Å². The van der Waals surface area contributed by atoms with Gasteiger partial charge in [0.2, 0.25) is 0 Å². The standard InChI is InChI=1S/C18H20Cl2N2/c19-15-5-3-14(4-6-15)18-2-1-12-22(13-11-21-18)17-9-7-16(20)8-10-17/h3-10,18,21H,1-2,11-13H2. The molecule has 22 heavy (non-hydrogen) atoms. The Labute approximate surface area is 142 Å². The summed E-state index contributed by atoms with van der Waals surface area (Å²) in [5.74, 6) is 0. The minimum atomic E-state index is 0.421. The van der Waals surface area contributed by atoms with E-state index >= 15 is 0 Å². The lowest BCUT2D eigenvalue weighted by atomic mass is 10.0. The summed E-state index contributed by atoms with van der Waals surface area (Å²) in [5.41, 5.74) is 2.57. The van der Waals surface area contributed by atoms with Crippen LogP contribution in [-0.2, 0) is 0 Å². The van der Waals surface area contributed by atoms with Gasteiger partial charge < -0.3 is 10.2 Å². The lowest BCUT2D eigenvalue weighted by molar-refractivity contribution is 0.459. The molecule has 0 bridgehead atoms. The summed E-state index contributed by atoms with van der Waals surface area (Å²) in [6.45, 7) is 3.05.